The van der Waals surface area contributed by atoms with Crippen LogP contribution in [0.5, 0.6) is 11.5 Å². The van der Waals surface area contributed by atoms with Crippen LogP contribution in [-0.4, -0.2) is 35.2 Å². The van der Waals surface area contributed by atoms with Crippen LogP contribution in [0.1, 0.15) is 33.2 Å². The minimum absolute atomic E-state index is 0.102. The van der Waals surface area contributed by atoms with E-state index in [0.29, 0.717) is 28.8 Å². The summed E-state index contributed by atoms with van der Waals surface area (Å²) in [7, 11) is 3.21. The average molecular weight is 460 g/mol. The molecule has 6 nitrogen and oxygen atoms in total. The van der Waals surface area contributed by atoms with Gasteiger partial charge < -0.3 is 14.4 Å². The Morgan fingerprint density at radius 1 is 0.970 bits per heavy atom. The van der Waals surface area contributed by atoms with Crippen molar-refractivity contribution in [3.8, 4) is 22.8 Å². The number of nitrogens with one attached hydrogen (secondary N) is 1. The largest absolute Gasteiger partial charge is 0.493 e. The van der Waals surface area contributed by atoms with Gasteiger partial charge in [0.15, 0.2) is 11.5 Å². The number of nitrogens with zero attached hydrogens (tertiary/aromatic N) is 2. The number of rotatable bonds is 6. The van der Waals surface area contributed by atoms with Crippen LogP contribution in [-0.2, 0) is 6.54 Å². The highest BCUT2D eigenvalue weighted by Gasteiger charge is 2.42. The Labute approximate surface area is 196 Å². The zero-order valence-corrected chi connectivity index (χ0v) is 19.0. The molecule has 0 radical (unpaired) electrons. The molecule has 0 saturated carbocycles. The van der Waals surface area contributed by atoms with Crippen LogP contribution in [0.3, 0.4) is 0 Å². The molecule has 0 bridgehead atoms. The summed E-state index contributed by atoms with van der Waals surface area (Å²) in [6, 6.07) is 22.8. The highest BCUT2D eigenvalue weighted by molar-refractivity contribution is 6.30. The summed E-state index contributed by atoms with van der Waals surface area (Å²) >= 11 is 6.07. The molecule has 3 aromatic carbocycles. The number of aromatic amines is 1. The van der Waals surface area contributed by atoms with Gasteiger partial charge in [0.25, 0.3) is 5.91 Å². The molecule has 0 aliphatic carbocycles. The lowest BCUT2D eigenvalue weighted by Crippen LogP contribution is -2.29. The molecule has 0 fully saturated rings. The van der Waals surface area contributed by atoms with Crippen molar-refractivity contribution >= 4 is 17.5 Å². The monoisotopic (exact) mass is 459 g/mol. The van der Waals surface area contributed by atoms with Gasteiger partial charge in [-0.1, -0.05) is 60.1 Å². The Morgan fingerprint density at radius 3 is 2.39 bits per heavy atom. The molecule has 1 unspecified atom stereocenters. The third-order valence-corrected chi connectivity index (χ3v) is 6.15. The number of carbonyl (C=O) groups is 1. The van der Waals surface area contributed by atoms with Crippen LogP contribution in [0.25, 0.3) is 11.3 Å². The molecular weight excluding hydrogens is 438 g/mol. The topological polar surface area (TPSA) is 67.5 Å². The minimum Gasteiger partial charge on any atom is -0.493 e. The van der Waals surface area contributed by atoms with Gasteiger partial charge in [0.1, 0.15) is 5.69 Å². The maximum Gasteiger partial charge on any atom is 0.273 e. The van der Waals surface area contributed by atoms with E-state index in [1.54, 1.807) is 14.2 Å². The van der Waals surface area contributed by atoms with Gasteiger partial charge in [-0.05, 0) is 35.4 Å². The molecule has 7 heteroatoms. The maximum atomic E-state index is 13.5. The average Bonchev–Trinajstić information content (AvgIpc) is 3.40. The van der Waals surface area contributed by atoms with Crippen LogP contribution in [0.4, 0.5) is 0 Å². The van der Waals surface area contributed by atoms with Crippen molar-refractivity contribution in [2.24, 2.45) is 0 Å². The van der Waals surface area contributed by atoms with E-state index in [0.717, 1.165) is 27.9 Å². The Balaban J connectivity index is 1.65. The fourth-order valence-electron chi connectivity index (χ4n) is 4.33. The minimum atomic E-state index is -0.350. The molecule has 0 saturated heterocycles. The van der Waals surface area contributed by atoms with Crippen LogP contribution < -0.4 is 9.47 Å². The van der Waals surface area contributed by atoms with E-state index >= 15 is 0 Å². The zero-order chi connectivity index (χ0) is 22.9. The Kier molecular flexibility index (Phi) is 5.52. The fraction of sp³-hybridized carbons (Fsp3) is 0.154. The van der Waals surface area contributed by atoms with Crippen molar-refractivity contribution in [3.63, 3.8) is 0 Å². The number of benzene rings is 3. The summed E-state index contributed by atoms with van der Waals surface area (Å²) in [6.45, 7) is 0.422. The van der Waals surface area contributed by atoms with Crippen molar-refractivity contribution in [1.29, 1.82) is 0 Å². The molecule has 1 aliphatic heterocycles. The summed E-state index contributed by atoms with van der Waals surface area (Å²) in [5.74, 6) is 1.13. The number of halogens is 1. The van der Waals surface area contributed by atoms with Gasteiger partial charge in [0.2, 0.25) is 0 Å². The van der Waals surface area contributed by atoms with E-state index < -0.39 is 0 Å². The SMILES string of the molecule is COc1ccc(C2c3c(-c4ccccc4)n[nH]c3C(=O)N2Cc2ccc(Cl)cc2)cc1OC. The van der Waals surface area contributed by atoms with Crippen molar-refractivity contribution in [3.05, 3.63) is 100 Å². The second-order valence-electron chi connectivity index (χ2n) is 7.80. The van der Waals surface area contributed by atoms with Crippen LogP contribution in [0.2, 0.25) is 5.02 Å². The first-order valence-corrected chi connectivity index (χ1v) is 10.9. The molecule has 33 heavy (non-hydrogen) atoms. The number of fused-ring (bicyclic) bond motifs is 1. The number of hydrogen-bond donors (Lipinski definition) is 1. The van der Waals surface area contributed by atoms with E-state index in [-0.39, 0.29) is 11.9 Å². The molecule has 1 amide bonds. The smallest absolute Gasteiger partial charge is 0.273 e. The number of amides is 1. The number of methoxy groups -OCH3 is 2. The van der Waals surface area contributed by atoms with Crippen LogP contribution in [0.15, 0.2) is 72.8 Å². The second kappa shape index (κ2) is 8.64. The first-order chi connectivity index (χ1) is 16.1. The summed E-state index contributed by atoms with van der Waals surface area (Å²) in [4.78, 5) is 15.4. The first-order valence-electron chi connectivity index (χ1n) is 10.5. The van der Waals surface area contributed by atoms with Gasteiger partial charge in [-0.15, -0.1) is 0 Å². The van der Waals surface area contributed by atoms with E-state index in [2.05, 4.69) is 10.2 Å². The van der Waals surface area contributed by atoms with Gasteiger partial charge in [0, 0.05) is 22.7 Å². The number of hydrogen-bond acceptors (Lipinski definition) is 4. The zero-order valence-electron chi connectivity index (χ0n) is 18.2. The van der Waals surface area contributed by atoms with Crippen LogP contribution in [0, 0.1) is 0 Å². The van der Waals surface area contributed by atoms with E-state index in [1.165, 1.54) is 0 Å². The lowest BCUT2D eigenvalue weighted by Gasteiger charge is -2.27. The molecule has 1 N–H and O–H groups in total. The van der Waals surface area contributed by atoms with E-state index in [9.17, 15) is 4.79 Å². The summed E-state index contributed by atoms with van der Waals surface area (Å²) in [5.41, 5.74) is 4.96. The van der Waals surface area contributed by atoms with Gasteiger partial charge in [-0.25, -0.2) is 0 Å². The van der Waals surface area contributed by atoms with Crippen molar-refractivity contribution < 1.29 is 14.3 Å². The summed E-state index contributed by atoms with van der Waals surface area (Å²) < 4.78 is 11.0. The van der Waals surface area contributed by atoms with Crippen molar-refractivity contribution in [2.45, 2.75) is 12.6 Å². The molecule has 166 valence electrons. The molecule has 1 aromatic heterocycles. The van der Waals surface area contributed by atoms with Gasteiger partial charge in [0.05, 0.1) is 26.0 Å². The van der Waals surface area contributed by atoms with Crippen molar-refractivity contribution in [2.75, 3.05) is 14.2 Å². The van der Waals surface area contributed by atoms with Crippen LogP contribution >= 0.6 is 11.6 Å². The third-order valence-electron chi connectivity index (χ3n) is 5.90. The predicted octanol–water partition coefficient (Wildman–Crippen LogP) is 5.49. The molecular formula is C26H22ClN3O3. The first kappa shape index (κ1) is 21.1. The normalized spacial score (nSPS) is 14.9. The number of aromatic nitrogens is 2. The highest BCUT2D eigenvalue weighted by atomic mass is 35.5. The lowest BCUT2D eigenvalue weighted by atomic mass is 9.95. The van der Waals surface area contributed by atoms with E-state index in [4.69, 9.17) is 21.1 Å². The molecule has 1 aliphatic rings. The molecule has 0 spiro atoms. The Bertz CT molecular complexity index is 1300. The quantitative estimate of drug-likeness (QED) is 0.414. The predicted molar refractivity (Wildman–Crippen MR) is 127 cm³/mol. The lowest BCUT2D eigenvalue weighted by molar-refractivity contribution is 0.0730. The Hall–Kier alpha value is -3.77. The fourth-order valence-corrected chi connectivity index (χ4v) is 4.46. The number of H-pyrrole nitrogens is 1. The summed E-state index contributed by atoms with van der Waals surface area (Å²) in [6.07, 6.45) is 0. The van der Waals surface area contributed by atoms with Gasteiger partial charge in [-0.2, -0.15) is 5.10 Å². The standard InChI is InChI=1S/C26H22ClN3O3/c1-32-20-13-10-18(14-21(20)33-2)25-22-23(17-6-4-3-5-7-17)28-29-24(22)26(31)30(25)15-16-8-11-19(27)12-9-16/h3-14,25H,15H2,1-2H3,(H,28,29). The number of carbonyl (C=O) groups excluding carboxylic acids is 1. The molecule has 5 rings (SSSR count). The molecule has 4 aromatic rings. The third kappa shape index (κ3) is 3.72. The summed E-state index contributed by atoms with van der Waals surface area (Å²) in [5, 5.41) is 8.17. The maximum absolute atomic E-state index is 13.5. The van der Waals surface area contributed by atoms with Gasteiger partial charge >= 0.3 is 0 Å². The van der Waals surface area contributed by atoms with E-state index in [1.807, 2.05) is 77.7 Å². The highest BCUT2D eigenvalue weighted by Crippen LogP contribution is 2.45. The van der Waals surface area contributed by atoms with Crippen molar-refractivity contribution in [1.82, 2.24) is 15.1 Å². The number of ether oxygens (including phenoxy) is 2. The second-order valence-corrected chi connectivity index (χ2v) is 8.24. The molecule has 2 heterocycles. The Morgan fingerprint density at radius 2 is 1.70 bits per heavy atom. The molecule has 1 atom stereocenters. The van der Waals surface area contributed by atoms with Gasteiger partial charge in [-0.3, -0.25) is 9.89 Å².